The van der Waals surface area contributed by atoms with Crippen LogP contribution < -0.4 is 11.5 Å². The second kappa shape index (κ2) is 5.55. The fourth-order valence-electron chi connectivity index (χ4n) is 2.86. The van der Waals surface area contributed by atoms with Crippen LogP contribution in [0.25, 0.3) is 0 Å². The third-order valence-electron chi connectivity index (χ3n) is 4.25. The highest BCUT2D eigenvalue weighted by Crippen LogP contribution is 2.38. The number of carbonyl (C=O) groups is 1. The Labute approximate surface area is 109 Å². The van der Waals surface area contributed by atoms with Crippen LogP contribution >= 0.6 is 0 Å². The molecule has 1 saturated heterocycles. The van der Waals surface area contributed by atoms with Crippen LogP contribution in [-0.4, -0.2) is 60.5 Å². The van der Waals surface area contributed by atoms with Gasteiger partial charge in [-0.15, -0.1) is 0 Å². The van der Waals surface area contributed by atoms with Crippen LogP contribution in [0.4, 0.5) is 0 Å². The summed E-state index contributed by atoms with van der Waals surface area (Å²) in [6.07, 6.45) is 3.30. The van der Waals surface area contributed by atoms with Gasteiger partial charge in [-0.25, -0.2) is 0 Å². The lowest BCUT2D eigenvalue weighted by Gasteiger charge is -2.39. The van der Waals surface area contributed by atoms with Gasteiger partial charge >= 0.3 is 0 Å². The minimum atomic E-state index is -0.799. The van der Waals surface area contributed by atoms with Crippen LogP contribution in [0.1, 0.15) is 26.2 Å². The zero-order chi connectivity index (χ0) is 13.2. The van der Waals surface area contributed by atoms with E-state index in [0.717, 1.165) is 39.0 Å². The highest BCUT2D eigenvalue weighted by molar-refractivity contribution is 5.85. The van der Waals surface area contributed by atoms with E-state index in [2.05, 4.69) is 16.7 Å². The number of amides is 1. The van der Waals surface area contributed by atoms with Gasteiger partial charge in [0.15, 0.2) is 0 Å². The predicted octanol–water partition coefficient (Wildman–Crippen LogP) is -0.393. The summed E-state index contributed by atoms with van der Waals surface area (Å²) in [7, 11) is 0. The normalized spacial score (nSPS) is 25.9. The fraction of sp³-hybridized carbons (Fsp3) is 0.923. The van der Waals surface area contributed by atoms with Crippen LogP contribution in [0.3, 0.4) is 0 Å². The molecule has 5 heteroatoms. The van der Waals surface area contributed by atoms with Gasteiger partial charge in [-0.2, -0.15) is 0 Å². The molecule has 104 valence electrons. The van der Waals surface area contributed by atoms with Crippen molar-refractivity contribution in [2.45, 2.75) is 31.7 Å². The molecule has 18 heavy (non-hydrogen) atoms. The van der Waals surface area contributed by atoms with E-state index in [9.17, 15) is 4.79 Å². The molecule has 4 N–H and O–H groups in total. The van der Waals surface area contributed by atoms with Gasteiger partial charge in [0, 0.05) is 32.7 Å². The maximum absolute atomic E-state index is 11.6. The predicted molar refractivity (Wildman–Crippen MR) is 72.0 cm³/mol. The number of piperazine rings is 1. The third kappa shape index (κ3) is 3.02. The van der Waals surface area contributed by atoms with E-state index in [0.29, 0.717) is 12.5 Å². The van der Waals surface area contributed by atoms with Gasteiger partial charge in [-0.05, 0) is 31.7 Å². The van der Waals surface area contributed by atoms with Crippen molar-refractivity contribution < 1.29 is 4.79 Å². The second-order valence-corrected chi connectivity index (χ2v) is 5.80. The van der Waals surface area contributed by atoms with E-state index >= 15 is 0 Å². The number of carbonyl (C=O) groups excluding carboxylic acids is 1. The molecule has 1 unspecified atom stereocenters. The van der Waals surface area contributed by atoms with Gasteiger partial charge in [0.25, 0.3) is 0 Å². The van der Waals surface area contributed by atoms with Gasteiger partial charge in [0.05, 0.1) is 0 Å². The fourth-order valence-corrected chi connectivity index (χ4v) is 2.86. The minimum absolute atomic E-state index is 0.309. The van der Waals surface area contributed by atoms with Crippen LogP contribution in [0, 0.1) is 5.92 Å². The first kappa shape index (κ1) is 13.8. The number of nitrogens with zero attached hydrogens (tertiary/aromatic N) is 2. The number of rotatable bonds is 6. The highest BCUT2D eigenvalue weighted by Gasteiger charge is 2.47. The van der Waals surface area contributed by atoms with Crippen molar-refractivity contribution in [3.63, 3.8) is 0 Å². The molecule has 0 bridgehead atoms. The second-order valence-electron chi connectivity index (χ2n) is 5.80. The van der Waals surface area contributed by atoms with Crippen LogP contribution in [-0.2, 0) is 4.79 Å². The van der Waals surface area contributed by atoms with E-state index < -0.39 is 5.54 Å². The number of hydrogen-bond donors (Lipinski definition) is 2. The SMILES string of the molecule is CCCN1CCN(CC(N)(C(N)=O)C2CC2)CC1. The quantitative estimate of drug-likeness (QED) is 0.677. The number of hydrogen-bond acceptors (Lipinski definition) is 4. The first-order valence-electron chi connectivity index (χ1n) is 7.09. The monoisotopic (exact) mass is 254 g/mol. The van der Waals surface area contributed by atoms with E-state index in [1.54, 1.807) is 0 Å². The summed E-state index contributed by atoms with van der Waals surface area (Å²) in [5.41, 5.74) is 10.9. The summed E-state index contributed by atoms with van der Waals surface area (Å²) in [6, 6.07) is 0. The van der Waals surface area contributed by atoms with Crippen LogP contribution in [0.15, 0.2) is 0 Å². The average molecular weight is 254 g/mol. The number of primary amides is 1. The average Bonchev–Trinajstić information content (AvgIpc) is 3.16. The Morgan fingerprint density at radius 1 is 1.22 bits per heavy atom. The van der Waals surface area contributed by atoms with Gasteiger partial charge < -0.3 is 16.4 Å². The van der Waals surface area contributed by atoms with E-state index in [4.69, 9.17) is 11.5 Å². The molecule has 1 atom stereocenters. The summed E-state index contributed by atoms with van der Waals surface area (Å²) in [6.45, 7) is 8.16. The molecule has 0 spiro atoms. The van der Waals surface area contributed by atoms with Crippen LogP contribution in [0.2, 0.25) is 0 Å². The zero-order valence-electron chi connectivity index (χ0n) is 11.4. The lowest BCUT2D eigenvalue weighted by molar-refractivity contribution is -0.124. The maximum atomic E-state index is 11.6. The minimum Gasteiger partial charge on any atom is -0.368 e. The molecule has 0 aromatic carbocycles. The molecule has 1 saturated carbocycles. The Morgan fingerprint density at radius 3 is 2.22 bits per heavy atom. The van der Waals surface area contributed by atoms with Crippen LogP contribution in [0.5, 0.6) is 0 Å². The van der Waals surface area contributed by atoms with E-state index in [-0.39, 0.29) is 5.91 Å². The Morgan fingerprint density at radius 2 is 1.78 bits per heavy atom. The smallest absolute Gasteiger partial charge is 0.239 e. The molecule has 1 aliphatic carbocycles. The van der Waals surface area contributed by atoms with Crippen molar-refractivity contribution in [2.75, 3.05) is 39.3 Å². The topological polar surface area (TPSA) is 75.6 Å². The third-order valence-corrected chi connectivity index (χ3v) is 4.25. The molecule has 2 rings (SSSR count). The summed E-state index contributed by atoms with van der Waals surface area (Å²) < 4.78 is 0. The molecule has 5 nitrogen and oxygen atoms in total. The summed E-state index contributed by atoms with van der Waals surface area (Å²) >= 11 is 0. The maximum Gasteiger partial charge on any atom is 0.239 e. The van der Waals surface area contributed by atoms with Gasteiger partial charge in [-0.3, -0.25) is 9.69 Å². The Bertz CT molecular complexity index is 297. The molecular weight excluding hydrogens is 228 g/mol. The van der Waals surface area contributed by atoms with Gasteiger partial charge in [0.1, 0.15) is 5.54 Å². The standard InChI is InChI=1S/C13H26N4O/c1-2-5-16-6-8-17(9-7-16)10-13(15,12(14)18)11-3-4-11/h11H,2-10,15H2,1H3,(H2,14,18). The molecule has 0 radical (unpaired) electrons. The molecule has 0 aromatic heterocycles. The first-order valence-corrected chi connectivity index (χ1v) is 7.09. The van der Waals surface area contributed by atoms with Gasteiger partial charge in [0.2, 0.25) is 5.91 Å². The van der Waals surface area contributed by atoms with E-state index in [1.807, 2.05) is 0 Å². The molecule has 2 aliphatic rings. The van der Waals surface area contributed by atoms with Gasteiger partial charge in [-0.1, -0.05) is 6.92 Å². The van der Waals surface area contributed by atoms with Crippen molar-refractivity contribution >= 4 is 5.91 Å². The Balaban J connectivity index is 1.84. The van der Waals surface area contributed by atoms with E-state index in [1.165, 1.54) is 13.0 Å². The molecule has 2 fully saturated rings. The van der Waals surface area contributed by atoms with Crippen molar-refractivity contribution in [2.24, 2.45) is 17.4 Å². The summed E-state index contributed by atoms with van der Waals surface area (Å²) in [5.74, 6) is -0.0235. The molecule has 0 aromatic rings. The first-order chi connectivity index (χ1) is 8.56. The zero-order valence-corrected chi connectivity index (χ0v) is 11.4. The highest BCUT2D eigenvalue weighted by atomic mass is 16.1. The van der Waals surface area contributed by atoms with Crippen molar-refractivity contribution in [1.82, 2.24) is 9.80 Å². The summed E-state index contributed by atoms with van der Waals surface area (Å²) in [5, 5.41) is 0. The Kier molecular flexibility index (Phi) is 4.25. The molecular formula is C13H26N4O. The largest absolute Gasteiger partial charge is 0.368 e. The Hall–Kier alpha value is -0.650. The molecule has 1 amide bonds. The molecule has 1 aliphatic heterocycles. The van der Waals surface area contributed by atoms with Crippen molar-refractivity contribution in [3.05, 3.63) is 0 Å². The lowest BCUT2D eigenvalue weighted by Crippen LogP contribution is -2.62. The molecule has 1 heterocycles. The number of nitrogens with two attached hydrogens (primary N) is 2. The van der Waals surface area contributed by atoms with Crippen molar-refractivity contribution in [3.8, 4) is 0 Å². The van der Waals surface area contributed by atoms with Crippen molar-refractivity contribution in [1.29, 1.82) is 0 Å². The lowest BCUT2D eigenvalue weighted by atomic mass is 9.92. The summed E-state index contributed by atoms with van der Waals surface area (Å²) in [4.78, 5) is 16.4.